The highest BCUT2D eigenvalue weighted by atomic mass is 16.5. The Bertz CT molecular complexity index is 1110. The quantitative estimate of drug-likeness (QED) is 0.551. The van der Waals surface area contributed by atoms with Crippen LogP contribution in [-0.4, -0.2) is 29.1 Å². The number of carboxylic acid groups (broad SMARTS) is 1. The Kier molecular flexibility index (Phi) is 6.51. The fourth-order valence-electron chi connectivity index (χ4n) is 3.17. The van der Waals surface area contributed by atoms with Crippen LogP contribution in [0.1, 0.15) is 26.7 Å². The molecule has 2 N–H and O–H groups in total. The average Bonchev–Trinajstić information content (AvgIpc) is 2.73. The maximum atomic E-state index is 12.3. The van der Waals surface area contributed by atoms with Crippen LogP contribution in [0, 0.1) is 0 Å². The van der Waals surface area contributed by atoms with Crippen molar-refractivity contribution in [3.05, 3.63) is 65.0 Å². The minimum atomic E-state index is -1.08. The molecule has 7 nitrogen and oxygen atoms in total. The van der Waals surface area contributed by atoms with Crippen molar-refractivity contribution in [2.75, 3.05) is 0 Å². The van der Waals surface area contributed by atoms with Gasteiger partial charge < -0.3 is 19.6 Å². The number of aliphatic carboxylic acids is 1. The molecular weight excluding hydrogens is 386 g/mol. The Hall–Kier alpha value is -3.61. The van der Waals surface area contributed by atoms with Gasteiger partial charge in [-0.15, -0.1) is 0 Å². The Morgan fingerprint density at radius 2 is 1.87 bits per heavy atom. The van der Waals surface area contributed by atoms with Gasteiger partial charge in [0.2, 0.25) is 0 Å². The molecule has 3 aromatic rings. The first-order chi connectivity index (χ1) is 14.4. The molecule has 0 radical (unpaired) electrons. The largest absolute Gasteiger partial charge is 0.481 e. The molecule has 1 aromatic heterocycles. The van der Waals surface area contributed by atoms with Gasteiger partial charge in [0, 0.05) is 17.5 Å². The number of carbonyl (C=O) groups excluding carboxylic acids is 1. The van der Waals surface area contributed by atoms with Crippen molar-refractivity contribution in [3.63, 3.8) is 0 Å². The molecule has 0 fully saturated rings. The van der Waals surface area contributed by atoms with E-state index >= 15 is 0 Å². The molecule has 7 heteroatoms. The molecule has 0 saturated carbocycles. The predicted molar refractivity (Wildman–Crippen MR) is 112 cm³/mol. The number of nitrogens with one attached hydrogen (secondary N) is 1. The molecule has 30 heavy (non-hydrogen) atoms. The van der Waals surface area contributed by atoms with Gasteiger partial charge in [-0.1, -0.05) is 43.7 Å². The molecule has 0 bridgehead atoms. The smallest absolute Gasteiger partial charge is 0.336 e. The number of hydrogen-bond acceptors (Lipinski definition) is 5. The van der Waals surface area contributed by atoms with Crippen LogP contribution in [0.5, 0.6) is 5.75 Å². The molecule has 2 atom stereocenters. The molecule has 1 heterocycles. The van der Waals surface area contributed by atoms with Crippen LogP contribution in [-0.2, 0) is 9.59 Å². The third-order valence-corrected chi connectivity index (χ3v) is 4.67. The number of carboxylic acids is 1. The summed E-state index contributed by atoms with van der Waals surface area (Å²) in [6, 6.07) is 14.9. The lowest BCUT2D eigenvalue weighted by Crippen LogP contribution is -2.46. The molecule has 0 spiro atoms. The second-order valence-electron chi connectivity index (χ2n) is 6.95. The molecule has 0 unspecified atom stereocenters. The first-order valence-electron chi connectivity index (χ1n) is 9.72. The van der Waals surface area contributed by atoms with E-state index in [9.17, 15) is 19.5 Å². The fraction of sp³-hybridized carbons (Fsp3) is 0.261. The summed E-state index contributed by atoms with van der Waals surface area (Å²) in [5, 5.41) is 12.4. The minimum absolute atomic E-state index is 0.331. The van der Waals surface area contributed by atoms with Crippen LogP contribution in [0.2, 0.25) is 0 Å². The Balaban J connectivity index is 1.83. The molecule has 2 aromatic carbocycles. The number of ether oxygens (including phenoxy) is 1. The Morgan fingerprint density at radius 1 is 1.13 bits per heavy atom. The normalized spacial score (nSPS) is 12.9. The first kappa shape index (κ1) is 21.1. The van der Waals surface area contributed by atoms with E-state index in [1.807, 2.05) is 37.3 Å². The van der Waals surface area contributed by atoms with Gasteiger partial charge in [-0.05, 0) is 36.6 Å². The third kappa shape index (κ3) is 4.86. The SMILES string of the molecule is CCC[C@@H](NC(=O)[C@H](C)Oc1ccc2c(-c3ccccc3)cc(=O)oc2c1)C(=O)O. The van der Waals surface area contributed by atoms with E-state index in [0.29, 0.717) is 24.2 Å². The molecule has 0 saturated heterocycles. The lowest BCUT2D eigenvalue weighted by atomic mass is 10.0. The lowest BCUT2D eigenvalue weighted by molar-refractivity contribution is -0.143. The van der Waals surface area contributed by atoms with Gasteiger partial charge in [0.1, 0.15) is 17.4 Å². The van der Waals surface area contributed by atoms with E-state index in [-0.39, 0.29) is 0 Å². The second kappa shape index (κ2) is 9.26. The van der Waals surface area contributed by atoms with Crippen molar-refractivity contribution in [1.29, 1.82) is 0 Å². The number of benzene rings is 2. The molecule has 0 aliphatic carbocycles. The number of rotatable bonds is 8. The van der Waals surface area contributed by atoms with Crippen molar-refractivity contribution in [2.24, 2.45) is 0 Å². The van der Waals surface area contributed by atoms with Crippen LogP contribution >= 0.6 is 0 Å². The summed E-state index contributed by atoms with van der Waals surface area (Å²) < 4.78 is 11.0. The third-order valence-electron chi connectivity index (χ3n) is 4.67. The lowest BCUT2D eigenvalue weighted by Gasteiger charge is -2.18. The van der Waals surface area contributed by atoms with Crippen LogP contribution in [0.4, 0.5) is 0 Å². The number of amides is 1. The zero-order chi connectivity index (χ0) is 21.7. The minimum Gasteiger partial charge on any atom is -0.481 e. The van der Waals surface area contributed by atoms with Gasteiger partial charge in [0.25, 0.3) is 5.91 Å². The highest BCUT2D eigenvalue weighted by Gasteiger charge is 2.23. The van der Waals surface area contributed by atoms with Crippen LogP contribution in [0.3, 0.4) is 0 Å². The van der Waals surface area contributed by atoms with Crippen molar-refractivity contribution < 1.29 is 23.8 Å². The van der Waals surface area contributed by atoms with Crippen LogP contribution < -0.4 is 15.7 Å². The molecule has 3 rings (SSSR count). The van der Waals surface area contributed by atoms with Gasteiger partial charge in [-0.3, -0.25) is 4.79 Å². The topological polar surface area (TPSA) is 106 Å². The van der Waals surface area contributed by atoms with Crippen LogP contribution in [0.25, 0.3) is 22.1 Å². The number of fused-ring (bicyclic) bond motifs is 1. The van der Waals surface area contributed by atoms with Crippen molar-refractivity contribution in [2.45, 2.75) is 38.8 Å². The summed E-state index contributed by atoms with van der Waals surface area (Å²) in [6.07, 6.45) is 0.0297. The summed E-state index contributed by atoms with van der Waals surface area (Å²) >= 11 is 0. The average molecular weight is 409 g/mol. The summed E-state index contributed by atoms with van der Waals surface area (Å²) in [7, 11) is 0. The van der Waals surface area contributed by atoms with Gasteiger partial charge in [-0.25, -0.2) is 9.59 Å². The van der Waals surface area contributed by atoms with E-state index in [4.69, 9.17) is 9.15 Å². The van der Waals surface area contributed by atoms with Crippen molar-refractivity contribution in [1.82, 2.24) is 5.32 Å². The maximum absolute atomic E-state index is 12.3. The van der Waals surface area contributed by atoms with Crippen molar-refractivity contribution in [3.8, 4) is 16.9 Å². The van der Waals surface area contributed by atoms with Gasteiger partial charge >= 0.3 is 11.6 Å². The number of hydrogen-bond donors (Lipinski definition) is 2. The first-order valence-corrected chi connectivity index (χ1v) is 9.72. The van der Waals surface area contributed by atoms with E-state index in [2.05, 4.69) is 5.32 Å². The van der Waals surface area contributed by atoms with E-state index in [0.717, 1.165) is 16.5 Å². The Labute approximate surface area is 173 Å². The monoisotopic (exact) mass is 409 g/mol. The maximum Gasteiger partial charge on any atom is 0.336 e. The van der Waals surface area contributed by atoms with E-state index in [1.165, 1.54) is 13.0 Å². The zero-order valence-corrected chi connectivity index (χ0v) is 16.8. The standard InChI is InChI=1S/C23H23NO6/c1-3-7-19(23(27)28)24-22(26)14(2)29-16-10-11-17-18(15-8-5-4-6-9-15)13-21(25)30-20(17)12-16/h4-6,8-14,19H,3,7H2,1-2H3,(H,24,26)(H,27,28)/t14-,19+/m0/s1. The highest BCUT2D eigenvalue weighted by Crippen LogP contribution is 2.29. The van der Waals surface area contributed by atoms with E-state index < -0.39 is 29.6 Å². The van der Waals surface area contributed by atoms with Gasteiger partial charge in [0.15, 0.2) is 6.10 Å². The van der Waals surface area contributed by atoms with Crippen LogP contribution in [0.15, 0.2) is 63.8 Å². The van der Waals surface area contributed by atoms with Gasteiger partial charge in [0.05, 0.1) is 0 Å². The molecule has 0 aliphatic rings. The summed E-state index contributed by atoms with van der Waals surface area (Å²) in [4.78, 5) is 35.6. The Morgan fingerprint density at radius 3 is 2.53 bits per heavy atom. The molecule has 1 amide bonds. The van der Waals surface area contributed by atoms with E-state index in [1.54, 1.807) is 18.2 Å². The summed E-state index contributed by atoms with van der Waals surface area (Å²) in [5.74, 6) is -1.28. The van der Waals surface area contributed by atoms with Gasteiger partial charge in [-0.2, -0.15) is 0 Å². The number of carbonyl (C=O) groups is 2. The molecule has 0 aliphatic heterocycles. The fourth-order valence-corrected chi connectivity index (χ4v) is 3.17. The second-order valence-corrected chi connectivity index (χ2v) is 6.95. The predicted octanol–water partition coefficient (Wildman–Crippen LogP) is 3.60. The van der Waals surface area contributed by atoms with Crippen molar-refractivity contribution >= 4 is 22.8 Å². The molecular formula is C23H23NO6. The zero-order valence-electron chi connectivity index (χ0n) is 16.8. The molecule has 156 valence electrons. The highest BCUT2D eigenvalue weighted by molar-refractivity contribution is 5.94. The summed E-state index contributed by atoms with van der Waals surface area (Å²) in [5.41, 5.74) is 1.46. The summed E-state index contributed by atoms with van der Waals surface area (Å²) in [6.45, 7) is 3.37.